The van der Waals surface area contributed by atoms with E-state index in [0.717, 1.165) is 12.8 Å². The third kappa shape index (κ3) is 3.06. The summed E-state index contributed by atoms with van der Waals surface area (Å²) in [5.74, 6) is -0.264. The van der Waals surface area contributed by atoms with Gasteiger partial charge in [-0.15, -0.1) is 0 Å². The van der Waals surface area contributed by atoms with Crippen molar-refractivity contribution in [3.63, 3.8) is 0 Å². The van der Waals surface area contributed by atoms with E-state index in [-0.39, 0.29) is 11.8 Å². The summed E-state index contributed by atoms with van der Waals surface area (Å²) in [6.45, 7) is 0.705. The molecule has 0 aliphatic carbocycles. The molecule has 90 valence electrons. The van der Waals surface area contributed by atoms with E-state index in [4.69, 9.17) is 0 Å². The zero-order valence-electron chi connectivity index (χ0n) is 9.61. The van der Waals surface area contributed by atoms with Crippen molar-refractivity contribution in [2.24, 2.45) is 0 Å². The molecule has 0 bridgehead atoms. The second-order valence-corrected chi connectivity index (χ2v) is 4.18. The minimum Gasteiger partial charge on any atom is -0.354 e. The van der Waals surface area contributed by atoms with Crippen LogP contribution in [0.25, 0.3) is 0 Å². The summed E-state index contributed by atoms with van der Waals surface area (Å²) < 4.78 is 0. The SMILES string of the molecule is O=C(N[C@H]1CCCCNC1=O)c1ccccc1. The van der Waals surface area contributed by atoms with Gasteiger partial charge in [-0.1, -0.05) is 18.2 Å². The Morgan fingerprint density at radius 2 is 2.00 bits per heavy atom. The molecule has 17 heavy (non-hydrogen) atoms. The molecule has 1 fully saturated rings. The predicted octanol–water partition coefficient (Wildman–Crippen LogP) is 1.09. The van der Waals surface area contributed by atoms with Crippen LogP contribution in [0.15, 0.2) is 30.3 Å². The fourth-order valence-electron chi connectivity index (χ4n) is 1.91. The van der Waals surface area contributed by atoms with E-state index in [1.807, 2.05) is 18.2 Å². The van der Waals surface area contributed by atoms with Gasteiger partial charge in [0.2, 0.25) is 5.91 Å². The van der Waals surface area contributed by atoms with Gasteiger partial charge >= 0.3 is 0 Å². The van der Waals surface area contributed by atoms with Gasteiger partial charge in [-0.3, -0.25) is 9.59 Å². The van der Waals surface area contributed by atoms with E-state index in [9.17, 15) is 9.59 Å². The van der Waals surface area contributed by atoms with Gasteiger partial charge in [-0.05, 0) is 31.4 Å². The third-order valence-corrected chi connectivity index (χ3v) is 2.88. The normalized spacial score (nSPS) is 20.2. The predicted molar refractivity (Wildman–Crippen MR) is 64.6 cm³/mol. The van der Waals surface area contributed by atoms with E-state index < -0.39 is 6.04 Å². The molecular weight excluding hydrogens is 216 g/mol. The Labute approximate surface area is 100 Å². The summed E-state index contributed by atoms with van der Waals surface area (Å²) >= 11 is 0. The highest BCUT2D eigenvalue weighted by atomic mass is 16.2. The molecule has 1 heterocycles. The summed E-state index contributed by atoms with van der Waals surface area (Å²) in [6, 6.07) is 8.55. The first kappa shape index (κ1) is 11.6. The van der Waals surface area contributed by atoms with Crippen molar-refractivity contribution in [2.75, 3.05) is 6.54 Å². The molecule has 4 nitrogen and oxygen atoms in total. The lowest BCUT2D eigenvalue weighted by Gasteiger charge is -2.15. The van der Waals surface area contributed by atoms with Gasteiger partial charge in [0.05, 0.1) is 0 Å². The van der Waals surface area contributed by atoms with Crippen LogP contribution >= 0.6 is 0 Å². The Morgan fingerprint density at radius 1 is 1.24 bits per heavy atom. The number of hydrogen-bond acceptors (Lipinski definition) is 2. The molecule has 1 aliphatic rings. The zero-order valence-corrected chi connectivity index (χ0v) is 9.61. The number of hydrogen-bond donors (Lipinski definition) is 2. The fraction of sp³-hybridized carbons (Fsp3) is 0.385. The number of benzene rings is 1. The number of rotatable bonds is 2. The summed E-state index contributed by atoms with van der Waals surface area (Å²) in [4.78, 5) is 23.5. The van der Waals surface area contributed by atoms with Crippen LogP contribution < -0.4 is 10.6 Å². The van der Waals surface area contributed by atoms with Crippen LogP contribution in [0.1, 0.15) is 29.6 Å². The maximum absolute atomic E-state index is 11.9. The lowest BCUT2D eigenvalue weighted by atomic mass is 10.1. The van der Waals surface area contributed by atoms with Crippen LogP contribution in [0.3, 0.4) is 0 Å². The van der Waals surface area contributed by atoms with E-state index >= 15 is 0 Å². The summed E-state index contributed by atoms with van der Waals surface area (Å²) in [7, 11) is 0. The highest BCUT2D eigenvalue weighted by molar-refractivity contribution is 5.97. The molecule has 1 aromatic carbocycles. The van der Waals surface area contributed by atoms with E-state index in [1.165, 1.54) is 0 Å². The Kier molecular flexibility index (Phi) is 3.75. The molecule has 1 atom stereocenters. The van der Waals surface area contributed by atoms with Crippen molar-refractivity contribution in [3.05, 3.63) is 35.9 Å². The van der Waals surface area contributed by atoms with Gasteiger partial charge in [0.25, 0.3) is 5.91 Å². The minimum absolute atomic E-state index is 0.0771. The number of carbonyl (C=O) groups excluding carboxylic acids is 2. The maximum Gasteiger partial charge on any atom is 0.251 e. The number of amides is 2. The van der Waals surface area contributed by atoms with Crippen molar-refractivity contribution in [1.29, 1.82) is 0 Å². The quantitative estimate of drug-likeness (QED) is 0.801. The Bertz CT molecular complexity index is 403. The molecule has 2 N–H and O–H groups in total. The Hall–Kier alpha value is -1.84. The van der Waals surface area contributed by atoms with Crippen LogP contribution in [0, 0.1) is 0 Å². The lowest BCUT2D eigenvalue weighted by Crippen LogP contribution is -2.45. The van der Waals surface area contributed by atoms with Crippen molar-refractivity contribution in [3.8, 4) is 0 Å². The molecule has 0 unspecified atom stereocenters. The Morgan fingerprint density at radius 3 is 2.76 bits per heavy atom. The molecule has 0 aromatic heterocycles. The summed E-state index contributed by atoms with van der Waals surface area (Å²) in [5.41, 5.74) is 0.588. The molecule has 1 aliphatic heterocycles. The summed E-state index contributed by atoms with van der Waals surface area (Å²) in [6.07, 6.45) is 2.65. The molecule has 1 saturated heterocycles. The second kappa shape index (κ2) is 5.48. The molecule has 1 aromatic rings. The molecule has 0 radical (unpaired) electrons. The highest BCUT2D eigenvalue weighted by Gasteiger charge is 2.22. The van der Waals surface area contributed by atoms with E-state index in [1.54, 1.807) is 12.1 Å². The molecule has 0 saturated carbocycles. The largest absolute Gasteiger partial charge is 0.354 e. The van der Waals surface area contributed by atoms with Gasteiger partial charge in [0.15, 0.2) is 0 Å². The van der Waals surface area contributed by atoms with Gasteiger partial charge in [-0.25, -0.2) is 0 Å². The molecular formula is C13H16N2O2. The first-order chi connectivity index (χ1) is 8.27. The number of carbonyl (C=O) groups is 2. The average molecular weight is 232 g/mol. The first-order valence-electron chi connectivity index (χ1n) is 5.91. The van der Waals surface area contributed by atoms with E-state index in [2.05, 4.69) is 10.6 Å². The second-order valence-electron chi connectivity index (χ2n) is 4.18. The zero-order chi connectivity index (χ0) is 12.1. The van der Waals surface area contributed by atoms with Crippen LogP contribution in [-0.2, 0) is 4.79 Å². The fourth-order valence-corrected chi connectivity index (χ4v) is 1.91. The minimum atomic E-state index is -0.398. The van der Waals surface area contributed by atoms with Crippen molar-refractivity contribution in [1.82, 2.24) is 10.6 Å². The highest BCUT2D eigenvalue weighted by Crippen LogP contribution is 2.07. The lowest BCUT2D eigenvalue weighted by molar-refractivity contribution is -0.122. The summed E-state index contributed by atoms with van der Waals surface area (Å²) in [5, 5.41) is 5.57. The van der Waals surface area contributed by atoms with Crippen LogP contribution in [0.2, 0.25) is 0 Å². The van der Waals surface area contributed by atoms with Crippen molar-refractivity contribution in [2.45, 2.75) is 25.3 Å². The van der Waals surface area contributed by atoms with Gasteiger partial charge in [0, 0.05) is 12.1 Å². The topological polar surface area (TPSA) is 58.2 Å². The smallest absolute Gasteiger partial charge is 0.251 e. The number of nitrogens with one attached hydrogen (secondary N) is 2. The van der Waals surface area contributed by atoms with Gasteiger partial charge in [0.1, 0.15) is 6.04 Å². The van der Waals surface area contributed by atoms with Gasteiger partial charge < -0.3 is 10.6 Å². The van der Waals surface area contributed by atoms with Crippen LogP contribution in [-0.4, -0.2) is 24.4 Å². The molecule has 4 heteroatoms. The average Bonchev–Trinajstić information content (AvgIpc) is 2.56. The van der Waals surface area contributed by atoms with Crippen LogP contribution in [0.4, 0.5) is 0 Å². The molecule has 2 rings (SSSR count). The maximum atomic E-state index is 11.9. The third-order valence-electron chi connectivity index (χ3n) is 2.88. The molecule has 0 spiro atoms. The van der Waals surface area contributed by atoms with Crippen molar-refractivity contribution < 1.29 is 9.59 Å². The standard InChI is InChI=1S/C13H16N2O2/c16-12(10-6-2-1-3-7-10)15-11-8-4-5-9-14-13(11)17/h1-3,6-7,11H,4-5,8-9H2,(H,14,17)(H,15,16)/t11-/m0/s1. The Balaban J connectivity index is 2.00. The monoisotopic (exact) mass is 232 g/mol. The van der Waals surface area contributed by atoms with Crippen molar-refractivity contribution >= 4 is 11.8 Å². The van der Waals surface area contributed by atoms with Crippen LogP contribution in [0.5, 0.6) is 0 Å². The first-order valence-corrected chi connectivity index (χ1v) is 5.91. The van der Waals surface area contributed by atoms with E-state index in [0.29, 0.717) is 18.5 Å². The molecule has 2 amide bonds. The van der Waals surface area contributed by atoms with Gasteiger partial charge in [-0.2, -0.15) is 0 Å².